The van der Waals surface area contributed by atoms with Crippen molar-refractivity contribution < 1.29 is 9.53 Å². The molecule has 1 heterocycles. The Balaban J connectivity index is 1.52. The average Bonchev–Trinajstić information content (AvgIpc) is 3.31. The van der Waals surface area contributed by atoms with Crippen LogP contribution in [0.1, 0.15) is 36.0 Å². The van der Waals surface area contributed by atoms with Gasteiger partial charge in [0.15, 0.2) is 0 Å². The van der Waals surface area contributed by atoms with Crippen molar-refractivity contribution in [2.75, 3.05) is 13.7 Å². The van der Waals surface area contributed by atoms with Crippen LogP contribution in [0.2, 0.25) is 0 Å². The average molecular weight is 271 g/mol. The molecule has 4 rings (SSSR count). The summed E-state index contributed by atoms with van der Waals surface area (Å²) in [5.74, 6) is 3.44. The first kappa shape index (κ1) is 12.2. The summed E-state index contributed by atoms with van der Waals surface area (Å²) in [7, 11) is 1.64. The van der Waals surface area contributed by atoms with Crippen molar-refractivity contribution >= 4 is 5.91 Å². The van der Waals surface area contributed by atoms with Crippen molar-refractivity contribution in [2.45, 2.75) is 31.7 Å². The molecule has 0 bridgehead atoms. The standard InChI is InChI=1S/C17H21NO2/c1-20-14-4-2-3-13(9-14)17(19)18-10-15(11-5-6-11)16(18)12-7-8-12/h2-4,9,11-12,15-16H,5-8,10H2,1H3/t15-,16-/m1/s1. The van der Waals surface area contributed by atoms with Gasteiger partial charge in [0.2, 0.25) is 0 Å². The molecular formula is C17H21NO2. The number of benzene rings is 1. The Bertz CT molecular complexity index is 534. The van der Waals surface area contributed by atoms with E-state index in [2.05, 4.69) is 4.90 Å². The number of carbonyl (C=O) groups excluding carboxylic acids is 1. The second-order valence-electron chi connectivity index (χ2n) is 6.52. The molecule has 106 valence electrons. The Labute approximate surface area is 119 Å². The number of ether oxygens (including phenoxy) is 1. The molecular weight excluding hydrogens is 250 g/mol. The minimum absolute atomic E-state index is 0.192. The Hall–Kier alpha value is -1.51. The van der Waals surface area contributed by atoms with E-state index in [1.54, 1.807) is 7.11 Å². The van der Waals surface area contributed by atoms with Crippen LogP contribution >= 0.6 is 0 Å². The molecule has 1 aliphatic heterocycles. The molecule has 3 fully saturated rings. The monoisotopic (exact) mass is 271 g/mol. The van der Waals surface area contributed by atoms with E-state index in [4.69, 9.17) is 4.74 Å². The van der Waals surface area contributed by atoms with Crippen molar-refractivity contribution in [3.63, 3.8) is 0 Å². The third-order valence-electron chi connectivity index (χ3n) is 5.12. The molecule has 20 heavy (non-hydrogen) atoms. The highest BCUT2D eigenvalue weighted by Crippen LogP contribution is 2.52. The number of rotatable bonds is 4. The quantitative estimate of drug-likeness (QED) is 0.842. The normalized spacial score (nSPS) is 28.9. The van der Waals surface area contributed by atoms with Crippen LogP contribution in [-0.4, -0.2) is 30.5 Å². The van der Waals surface area contributed by atoms with Gasteiger partial charge in [0.25, 0.3) is 5.91 Å². The van der Waals surface area contributed by atoms with Gasteiger partial charge in [-0.3, -0.25) is 4.79 Å². The van der Waals surface area contributed by atoms with Gasteiger partial charge in [-0.25, -0.2) is 0 Å². The topological polar surface area (TPSA) is 29.5 Å². The molecule has 3 aliphatic rings. The van der Waals surface area contributed by atoms with Gasteiger partial charge in [0.1, 0.15) is 5.75 Å². The van der Waals surface area contributed by atoms with Crippen LogP contribution in [0.5, 0.6) is 5.75 Å². The van der Waals surface area contributed by atoms with E-state index in [0.717, 1.165) is 35.6 Å². The first-order valence-electron chi connectivity index (χ1n) is 7.73. The zero-order valence-electron chi connectivity index (χ0n) is 11.9. The van der Waals surface area contributed by atoms with Crippen LogP contribution in [0.4, 0.5) is 0 Å². The van der Waals surface area contributed by atoms with Gasteiger partial charge in [-0.1, -0.05) is 6.07 Å². The number of hydrogen-bond acceptors (Lipinski definition) is 2. The molecule has 3 nitrogen and oxygen atoms in total. The van der Waals surface area contributed by atoms with Crippen LogP contribution < -0.4 is 4.74 Å². The summed E-state index contributed by atoms with van der Waals surface area (Å²) >= 11 is 0. The van der Waals surface area contributed by atoms with Crippen LogP contribution in [0.3, 0.4) is 0 Å². The predicted octanol–water partition coefficient (Wildman–Crippen LogP) is 2.96. The summed E-state index contributed by atoms with van der Waals surface area (Å²) in [4.78, 5) is 14.8. The van der Waals surface area contributed by atoms with E-state index in [0.29, 0.717) is 6.04 Å². The first-order valence-corrected chi connectivity index (χ1v) is 7.73. The van der Waals surface area contributed by atoms with Gasteiger partial charge in [0.05, 0.1) is 7.11 Å². The number of carbonyl (C=O) groups is 1. The molecule has 1 saturated heterocycles. The van der Waals surface area contributed by atoms with Gasteiger partial charge >= 0.3 is 0 Å². The number of nitrogens with zero attached hydrogens (tertiary/aromatic N) is 1. The highest BCUT2D eigenvalue weighted by atomic mass is 16.5. The second kappa shape index (κ2) is 4.51. The fourth-order valence-corrected chi connectivity index (χ4v) is 3.68. The third kappa shape index (κ3) is 2.00. The molecule has 2 atom stereocenters. The van der Waals surface area contributed by atoms with Crippen molar-refractivity contribution in [2.24, 2.45) is 17.8 Å². The van der Waals surface area contributed by atoms with Crippen LogP contribution in [0.25, 0.3) is 0 Å². The van der Waals surface area contributed by atoms with Crippen LogP contribution in [0.15, 0.2) is 24.3 Å². The summed E-state index contributed by atoms with van der Waals surface area (Å²) in [6.07, 6.45) is 5.40. The van der Waals surface area contributed by atoms with E-state index in [9.17, 15) is 4.79 Å². The van der Waals surface area contributed by atoms with Gasteiger partial charge in [-0.05, 0) is 55.7 Å². The summed E-state index contributed by atoms with van der Waals surface area (Å²) in [6, 6.07) is 8.08. The number of likely N-dealkylation sites (tertiary alicyclic amines) is 1. The van der Waals surface area contributed by atoms with E-state index < -0.39 is 0 Å². The summed E-state index contributed by atoms with van der Waals surface area (Å²) in [5.41, 5.74) is 0.768. The van der Waals surface area contributed by atoms with Gasteiger partial charge in [-0.2, -0.15) is 0 Å². The minimum atomic E-state index is 0.192. The van der Waals surface area contributed by atoms with Crippen molar-refractivity contribution in [3.8, 4) is 5.75 Å². The van der Waals surface area contributed by atoms with E-state index in [-0.39, 0.29) is 5.91 Å². The van der Waals surface area contributed by atoms with Crippen molar-refractivity contribution in [1.29, 1.82) is 0 Å². The Morgan fingerprint density at radius 3 is 2.60 bits per heavy atom. The number of methoxy groups -OCH3 is 1. The van der Waals surface area contributed by atoms with Crippen molar-refractivity contribution in [3.05, 3.63) is 29.8 Å². The number of hydrogen-bond donors (Lipinski definition) is 0. The smallest absolute Gasteiger partial charge is 0.254 e. The lowest BCUT2D eigenvalue weighted by atomic mass is 9.80. The zero-order valence-corrected chi connectivity index (χ0v) is 11.9. The summed E-state index contributed by atoms with van der Waals surface area (Å²) in [5, 5.41) is 0. The van der Waals surface area contributed by atoms with E-state index in [1.807, 2.05) is 24.3 Å². The molecule has 0 aromatic heterocycles. The minimum Gasteiger partial charge on any atom is -0.497 e. The largest absolute Gasteiger partial charge is 0.497 e. The maximum Gasteiger partial charge on any atom is 0.254 e. The first-order chi connectivity index (χ1) is 9.78. The Kier molecular flexibility index (Phi) is 2.76. The Morgan fingerprint density at radius 1 is 1.20 bits per heavy atom. The Morgan fingerprint density at radius 2 is 1.95 bits per heavy atom. The molecule has 3 heteroatoms. The number of amides is 1. The lowest BCUT2D eigenvalue weighted by molar-refractivity contribution is -0.00201. The molecule has 1 aromatic rings. The van der Waals surface area contributed by atoms with Crippen molar-refractivity contribution in [1.82, 2.24) is 4.90 Å². The molecule has 0 N–H and O–H groups in total. The predicted molar refractivity (Wildman–Crippen MR) is 76.8 cm³/mol. The lowest BCUT2D eigenvalue weighted by Gasteiger charge is -2.49. The van der Waals surface area contributed by atoms with Gasteiger partial charge in [0, 0.05) is 24.1 Å². The molecule has 0 spiro atoms. The van der Waals surface area contributed by atoms with Crippen LogP contribution in [0, 0.1) is 17.8 Å². The maximum absolute atomic E-state index is 12.7. The summed E-state index contributed by atoms with van der Waals surface area (Å²) in [6.45, 7) is 0.974. The molecule has 0 unspecified atom stereocenters. The fraction of sp³-hybridized carbons (Fsp3) is 0.588. The molecule has 2 aliphatic carbocycles. The molecule has 1 amide bonds. The molecule has 0 radical (unpaired) electrons. The third-order valence-corrected chi connectivity index (χ3v) is 5.12. The lowest BCUT2D eigenvalue weighted by Crippen LogP contribution is -2.60. The highest BCUT2D eigenvalue weighted by molar-refractivity contribution is 5.95. The van der Waals surface area contributed by atoms with E-state index in [1.165, 1.54) is 25.7 Å². The van der Waals surface area contributed by atoms with Gasteiger partial charge < -0.3 is 9.64 Å². The summed E-state index contributed by atoms with van der Waals surface area (Å²) < 4.78 is 5.22. The zero-order chi connectivity index (χ0) is 13.7. The van der Waals surface area contributed by atoms with Gasteiger partial charge in [-0.15, -0.1) is 0 Å². The maximum atomic E-state index is 12.7. The molecule has 1 aromatic carbocycles. The second-order valence-corrected chi connectivity index (χ2v) is 6.52. The SMILES string of the molecule is COc1cccc(C(=O)N2C[C@H](C3CC3)[C@H]2C2CC2)c1. The van der Waals surface area contributed by atoms with E-state index >= 15 is 0 Å². The highest BCUT2D eigenvalue weighted by Gasteiger charge is 2.54. The molecule has 2 saturated carbocycles. The van der Waals surface area contributed by atoms with Crippen LogP contribution in [-0.2, 0) is 0 Å². The fourth-order valence-electron chi connectivity index (χ4n) is 3.68.